The van der Waals surface area contributed by atoms with Crippen LogP contribution in [0.3, 0.4) is 0 Å². The molecule has 0 rings (SSSR count). The van der Waals surface area contributed by atoms with Gasteiger partial charge < -0.3 is 9.80 Å². The van der Waals surface area contributed by atoms with E-state index >= 15 is 0 Å². The third kappa shape index (κ3) is 3.37. The molecule has 0 saturated heterocycles. The highest BCUT2D eigenvalue weighted by molar-refractivity contribution is 4.91. The summed E-state index contributed by atoms with van der Waals surface area (Å²) in [6.07, 6.45) is 3.02. The third-order valence-corrected chi connectivity index (χ3v) is 2.32. The number of hydrogen-bond donors (Lipinski definition) is 0. The molecule has 0 aromatic heterocycles. The quantitative estimate of drug-likeness (QED) is 0.576. The van der Waals surface area contributed by atoms with Gasteiger partial charge >= 0.3 is 0 Å². The van der Waals surface area contributed by atoms with E-state index in [1.165, 1.54) is 0 Å². The van der Waals surface area contributed by atoms with Crippen LogP contribution in [0, 0.1) is 0 Å². The van der Waals surface area contributed by atoms with Crippen molar-refractivity contribution in [1.29, 1.82) is 0 Å². The van der Waals surface area contributed by atoms with Crippen LogP contribution in [0.4, 0.5) is 0 Å². The molecular formula is C10H22N2. The second-order valence-electron chi connectivity index (χ2n) is 4.12. The molecule has 0 aliphatic heterocycles. The Hall–Kier alpha value is -0.340. The zero-order chi connectivity index (χ0) is 9.78. The number of rotatable bonds is 5. The van der Waals surface area contributed by atoms with E-state index in [-0.39, 0.29) is 5.54 Å². The summed E-state index contributed by atoms with van der Waals surface area (Å²) in [5, 5.41) is 0. The fourth-order valence-corrected chi connectivity index (χ4v) is 1.38. The SMILES string of the molecule is C=CCC(C)(CN(C)C)N(C)C. The fourth-order valence-electron chi connectivity index (χ4n) is 1.38. The molecule has 0 aromatic rings. The molecule has 1 atom stereocenters. The average molecular weight is 170 g/mol. The van der Waals surface area contributed by atoms with Crippen molar-refractivity contribution in [3.8, 4) is 0 Å². The van der Waals surface area contributed by atoms with Crippen molar-refractivity contribution in [2.24, 2.45) is 0 Å². The minimum Gasteiger partial charge on any atom is -0.308 e. The molecule has 0 spiro atoms. The molecule has 12 heavy (non-hydrogen) atoms. The van der Waals surface area contributed by atoms with Crippen molar-refractivity contribution < 1.29 is 0 Å². The minimum absolute atomic E-state index is 0.214. The molecule has 2 heteroatoms. The molecule has 72 valence electrons. The topological polar surface area (TPSA) is 6.48 Å². The lowest BCUT2D eigenvalue weighted by atomic mass is 9.96. The number of hydrogen-bond acceptors (Lipinski definition) is 2. The van der Waals surface area contributed by atoms with Gasteiger partial charge in [-0.3, -0.25) is 0 Å². The Morgan fingerprint density at radius 2 is 1.75 bits per heavy atom. The normalized spacial score (nSPS) is 16.6. The first-order chi connectivity index (χ1) is 5.42. The van der Waals surface area contributed by atoms with E-state index in [0.29, 0.717) is 0 Å². The van der Waals surface area contributed by atoms with Crippen molar-refractivity contribution in [3.63, 3.8) is 0 Å². The molecule has 0 aliphatic rings. The Kier molecular flexibility index (Phi) is 4.50. The Balaban J connectivity index is 4.27. The highest BCUT2D eigenvalue weighted by Gasteiger charge is 2.25. The second kappa shape index (κ2) is 4.63. The van der Waals surface area contributed by atoms with E-state index in [4.69, 9.17) is 0 Å². The summed E-state index contributed by atoms with van der Waals surface area (Å²) in [7, 11) is 8.44. The van der Waals surface area contributed by atoms with Crippen LogP contribution in [0.25, 0.3) is 0 Å². The maximum atomic E-state index is 3.79. The van der Waals surface area contributed by atoms with Crippen LogP contribution in [0.2, 0.25) is 0 Å². The Bertz CT molecular complexity index is 141. The fraction of sp³-hybridized carbons (Fsp3) is 0.800. The summed E-state index contributed by atoms with van der Waals surface area (Å²) in [5.74, 6) is 0. The predicted octanol–water partition coefficient (Wildman–Crippen LogP) is 1.44. The molecule has 0 heterocycles. The highest BCUT2D eigenvalue weighted by Crippen LogP contribution is 2.17. The van der Waals surface area contributed by atoms with Gasteiger partial charge in [0.25, 0.3) is 0 Å². The van der Waals surface area contributed by atoms with Crippen molar-refractivity contribution in [3.05, 3.63) is 12.7 Å². The standard InChI is InChI=1S/C10H22N2/c1-7-8-10(2,12(5)6)9-11(3)4/h7H,1,8-9H2,2-6H3. The van der Waals surface area contributed by atoms with Crippen LogP contribution in [0.1, 0.15) is 13.3 Å². The summed E-state index contributed by atoms with van der Waals surface area (Å²) >= 11 is 0. The first-order valence-electron chi connectivity index (χ1n) is 4.35. The Morgan fingerprint density at radius 1 is 1.25 bits per heavy atom. The molecular weight excluding hydrogens is 148 g/mol. The zero-order valence-electron chi connectivity index (χ0n) is 9.09. The van der Waals surface area contributed by atoms with Gasteiger partial charge in [0, 0.05) is 12.1 Å². The second-order valence-corrected chi connectivity index (χ2v) is 4.12. The van der Waals surface area contributed by atoms with E-state index in [0.717, 1.165) is 13.0 Å². The molecule has 0 bridgehead atoms. The Labute approximate surface area is 76.9 Å². The lowest BCUT2D eigenvalue weighted by Crippen LogP contribution is -2.48. The van der Waals surface area contributed by atoms with Crippen molar-refractivity contribution in [1.82, 2.24) is 9.80 Å². The largest absolute Gasteiger partial charge is 0.308 e. The van der Waals surface area contributed by atoms with E-state index in [2.05, 4.69) is 51.5 Å². The maximum absolute atomic E-state index is 3.79. The van der Waals surface area contributed by atoms with Gasteiger partial charge in [0.1, 0.15) is 0 Å². The van der Waals surface area contributed by atoms with Crippen LogP contribution in [-0.4, -0.2) is 50.1 Å². The summed E-state index contributed by atoms with van der Waals surface area (Å²) in [4.78, 5) is 4.47. The van der Waals surface area contributed by atoms with Gasteiger partial charge in [-0.25, -0.2) is 0 Å². The predicted molar refractivity (Wildman–Crippen MR) is 55.5 cm³/mol. The van der Waals surface area contributed by atoms with E-state index in [1.807, 2.05) is 6.08 Å². The molecule has 0 aromatic carbocycles. The minimum atomic E-state index is 0.214. The third-order valence-electron chi connectivity index (χ3n) is 2.32. The summed E-state index contributed by atoms with van der Waals surface area (Å²) in [6.45, 7) is 7.11. The average Bonchev–Trinajstić information content (AvgIpc) is 1.85. The molecule has 0 saturated carbocycles. The van der Waals surface area contributed by atoms with E-state index in [9.17, 15) is 0 Å². The smallest absolute Gasteiger partial charge is 0.0336 e. The lowest BCUT2D eigenvalue weighted by molar-refractivity contribution is 0.131. The van der Waals surface area contributed by atoms with Gasteiger partial charge in [0.2, 0.25) is 0 Å². The molecule has 0 radical (unpaired) electrons. The van der Waals surface area contributed by atoms with Crippen molar-refractivity contribution in [2.75, 3.05) is 34.7 Å². The van der Waals surface area contributed by atoms with Gasteiger partial charge in [-0.2, -0.15) is 0 Å². The molecule has 0 amide bonds. The van der Waals surface area contributed by atoms with Crippen LogP contribution in [0.15, 0.2) is 12.7 Å². The van der Waals surface area contributed by atoms with Crippen LogP contribution >= 0.6 is 0 Å². The van der Waals surface area contributed by atoms with Crippen molar-refractivity contribution in [2.45, 2.75) is 18.9 Å². The monoisotopic (exact) mass is 170 g/mol. The number of nitrogens with zero attached hydrogens (tertiary/aromatic N) is 2. The number of likely N-dealkylation sites (N-methyl/N-ethyl adjacent to an activating group) is 2. The van der Waals surface area contributed by atoms with Gasteiger partial charge in [-0.1, -0.05) is 6.08 Å². The molecule has 1 unspecified atom stereocenters. The van der Waals surface area contributed by atoms with Crippen LogP contribution < -0.4 is 0 Å². The van der Waals surface area contributed by atoms with E-state index in [1.54, 1.807) is 0 Å². The maximum Gasteiger partial charge on any atom is 0.0336 e. The van der Waals surface area contributed by atoms with Gasteiger partial charge in [0.15, 0.2) is 0 Å². The van der Waals surface area contributed by atoms with Gasteiger partial charge in [-0.05, 0) is 41.5 Å². The molecule has 0 N–H and O–H groups in total. The first-order valence-corrected chi connectivity index (χ1v) is 4.35. The lowest BCUT2D eigenvalue weighted by Gasteiger charge is -2.38. The molecule has 0 fully saturated rings. The Morgan fingerprint density at radius 3 is 2.00 bits per heavy atom. The first kappa shape index (κ1) is 11.7. The van der Waals surface area contributed by atoms with Crippen LogP contribution in [0.5, 0.6) is 0 Å². The molecule has 0 aliphatic carbocycles. The summed E-state index contributed by atoms with van der Waals surface area (Å²) in [5.41, 5.74) is 0.214. The zero-order valence-corrected chi connectivity index (χ0v) is 9.09. The van der Waals surface area contributed by atoms with E-state index < -0.39 is 0 Å². The summed E-state index contributed by atoms with van der Waals surface area (Å²) < 4.78 is 0. The van der Waals surface area contributed by atoms with Gasteiger partial charge in [0.05, 0.1) is 0 Å². The highest BCUT2D eigenvalue weighted by atomic mass is 15.2. The van der Waals surface area contributed by atoms with Crippen molar-refractivity contribution >= 4 is 0 Å². The molecule has 2 nitrogen and oxygen atoms in total. The summed E-state index contributed by atoms with van der Waals surface area (Å²) in [6, 6.07) is 0. The van der Waals surface area contributed by atoms with Crippen LogP contribution in [-0.2, 0) is 0 Å². The van der Waals surface area contributed by atoms with Gasteiger partial charge in [-0.15, -0.1) is 6.58 Å².